The van der Waals surface area contributed by atoms with E-state index in [0.717, 1.165) is 27.7 Å². The Morgan fingerprint density at radius 2 is 1.41 bits per heavy atom. The van der Waals surface area contributed by atoms with Gasteiger partial charge in [0.1, 0.15) is 17.2 Å². The molecular weight excluding hydrogens is 348 g/mol. The van der Waals surface area contributed by atoms with E-state index in [1.54, 1.807) is 14.2 Å². The van der Waals surface area contributed by atoms with Crippen LogP contribution in [0.15, 0.2) is 52.9 Å². The average Bonchev–Trinajstić information content (AvgIpc) is 3.18. The molecule has 1 amide bonds. The first-order valence-electron chi connectivity index (χ1n) is 8.19. The number of amides is 1. The van der Waals surface area contributed by atoms with Crippen molar-refractivity contribution in [3.05, 3.63) is 54.4 Å². The van der Waals surface area contributed by atoms with Crippen LogP contribution in [0.4, 0.5) is 0 Å². The van der Waals surface area contributed by atoms with E-state index in [0.29, 0.717) is 11.5 Å². The van der Waals surface area contributed by atoms with Crippen molar-refractivity contribution >= 4 is 5.91 Å². The third kappa shape index (κ3) is 3.78. The Morgan fingerprint density at radius 1 is 0.889 bits per heavy atom. The van der Waals surface area contributed by atoms with E-state index in [-0.39, 0.29) is 5.89 Å². The third-order valence-electron chi connectivity index (χ3n) is 4.09. The van der Waals surface area contributed by atoms with Crippen molar-refractivity contribution in [1.29, 1.82) is 0 Å². The highest BCUT2D eigenvalue weighted by molar-refractivity contribution is 5.91. The zero-order valence-electron chi connectivity index (χ0n) is 15.6. The van der Waals surface area contributed by atoms with Gasteiger partial charge in [0.25, 0.3) is 5.89 Å². The maximum absolute atomic E-state index is 12.4. The van der Waals surface area contributed by atoms with Crippen LogP contribution in [0.25, 0.3) is 22.6 Å². The number of carbonyl (C=O) groups is 1. The number of hydrogen-bond donors (Lipinski definition) is 0. The molecule has 1 aromatic heterocycles. The fourth-order valence-corrected chi connectivity index (χ4v) is 2.51. The van der Waals surface area contributed by atoms with Gasteiger partial charge < -0.3 is 13.9 Å². The first kappa shape index (κ1) is 18.5. The van der Waals surface area contributed by atoms with Gasteiger partial charge in [0, 0.05) is 18.2 Å². The van der Waals surface area contributed by atoms with E-state index >= 15 is 0 Å². The summed E-state index contributed by atoms with van der Waals surface area (Å²) in [7, 11) is 6.09. The smallest absolute Gasteiger partial charge is 0.332 e. The molecule has 0 N–H and O–H groups in total. The van der Waals surface area contributed by atoms with Crippen molar-refractivity contribution in [1.82, 2.24) is 10.0 Å². The van der Waals surface area contributed by atoms with Gasteiger partial charge in [-0.25, -0.2) is 10.0 Å². The molecule has 0 radical (unpaired) electrons. The molecule has 3 rings (SSSR count). The highest BCUT2D eigenvalue weighted by Crippen LogP contribution is 2.34. The first-order valence-corrected chi connectivity index (χ1v) is 8.19. The van der Waals surface area contributed by atoms with Crippen LogP contribution >= 0.6 is 0 Å². The van der Waals surface area contributed by atoms with Crippen LogP contribution in [0.3, 0.4) is 0 Å². The maximum atomic E-state index is 12.4. The number of ether oxygens (including phenoxy) is 2. The van der Waals surface area contributed by atoms with Gasteiger partial charge in [-0.05, 0) is 48.5 Å². The second kappa shape index (κ2) is 7.92. The normalized spacial score (nSPS) is 10.5. The number of methoxy groups -OCH3 is 2. The maximum Gasteiger partial charge on any atom is 0.332 e. The fraction of sp³-hybridized carbons (Fsp3) is 0.200. The Labute approximate surface area is 157 Å². The molecule has 140 valence electrons. The molecule has 0 aliphatic rings. The molecule has 2 aromatic carbocycles. The summed E-state index contributed by atoms with van der Waals surface area (Å²) in [6.45, 7) is 0. The SMILES string of the molecule is COc1ccc(-c2nc(C(=O)N(C)OC)oc2-c2ccc(OC)cc2)cc1. The predicted molar refractivity (Wildman–Crippen MR) is 99.6 cm³/mol. The molecule has 1 heterocycles. The monoisotopic (exact) mass is 368 g/mol. The summed E-state index contributed by atoms with van der Waals surface area (Å²) in [6.07, 6.45) is 0. The molecule has 7 nitrogen and oxygen atoms in total. The summed E-state index contributed by atoms with van der Waals surface area (Å²) in [4.78, 5) is 21.8. The summed E-state index contributed by atoms with van der Waals surface area (Å²) >= 11 is 0. The van der Waals surface area contributed by atoms with Gasteiger partial charge >= 0.3 is 5.91 Å². The van der Waals surface area contributed by atoms with Gasteiger partial charge in [0.05, 0.1) is 21.3 Å². The predicted octanol–water partition coefficient (Wildman–Crippen LogP) is 3.66. The Kier molecular flexibility index (Phi) is 5.42. The molecule has 0 bridgehead atoms. The summed E-state index contributed by atoms with van der Waals surface area (Å²) in [5, 5.41) is 1.06. The zero-order valence-corrected chi connectivity index (χ0v) is 15.6. The van der Waals surface area contributed by atoms with Gasteiger partial charge in [-0.15, -0.1) is 0 Å². The molecule has 0 unspecified atom stereocenters. The van der Waals surface area contributed by atoms with Crippen LogP contribution < -0.4 is 9.47 Å². The van der Waals surface area contributed by atoms with Gasteiger partial charge in [-0.2, -0.15) is 0 Å². The van der Waals surface area contributed by atoms with Gasteiger partial charge in [0.15, 0.2) is 5.76 Å². The number of carbonyl (C=O) groups excluding carboxylic acids is 1. The van der Waals surface area contributed by atoms with Crippen molar-refractivity contribution in [2.45, 2.75) is 0 Å². The number of rotatable bonds is 6. The van der Waals surface area contributed by atoms with Crippen LogP contribution in [-0.4, -0.2) is 44.3 Å². The largest absolute Gasteiger partial charge is 0.497 e. The molecule has 0 spiro atoms. The minimum atomic E-state index is -0.480. The summed E-state index contributed by atoms with van der Waals surface area (Å²) in [5.41, 5.74) is 2.12. The van der Waals surface area contributed by atoms with Gasteiger partial charge in [-0.1, -0.05) is 0 Å². The number of hydrogen-bond acceptors (Lipinski definition) is 6. The van der Waals surface area contributed by atoms with Crippen molar-refractivity contribution < 1.29 is 23.5 Å². The standard InChI is InChI=1S/C20H20N2O5/c1-22(26-4)20(23)19-21-17(13-5-9-15(24-2)10-6-13)18(27-19)14-7-11-16(25-3)12-8-14/h5-12H,1-4H3. The Morgan fingerprint density at radius 3 is 1.89 bits per heavy atom. The molecule has 0 saturated carbocycles. The van der Waals surface area contributed by atoms with Crippen molar-refractivity contribution in [3.8, 4) is 34.1 Å². The van der Waals surface area contributed by atoms with E-state index < -0.39 is 5.91 Å². The number of nitrogens with zero attached hydrogens (tertiary/aromatic N) is 2. The molecule has 3 aromatic rings. The molecule has 0 saturated heterocycles. The molecule has 0 atom stereocenters. The number of aromatic nitrogens is 1. The van der Waals surface area contributed by atoms with Crippen molar-refractivity contribution in [2.24, 2.45) is 0 Å². The number of benzene rings is 2. The fourth-order valence-electron chi connectivity index (χ4n) is 2.51. The van der Waals surface area contributed by atoms with Crippen LogP contribution in [0, 0.1) is 0 Å². The molecule has 7 heteroatoms. The summed E-state index contributed by atoms with van der Waals surface area (Å²) in [6, 6.07) is 14.7. The van der Waals surface area contributed by atoms with E-state index in [4.69, 9.17) is 18.7 Å². The number of hydroxylamine groups is 2. The Hall–Kier alpha value is -3.32. The second-order valence-corrected chi connectivity index (χ2v) is 5.64. The third-order valence-corrected chi connectivity index (χ3v) is 4.09. The quantitative estimate of drug-likeness (QED) is 0.618. The lowest BCUT2D eigenvalue weighted by Crippen LogP contribution is -2.25. The minimum absolute atomic E-state index is 0.0593. The molecule has 27 heavy (non-hydrogen) atoms. The second-order valence-electron chi connectivity index (χ2n) is 5.64. The average molecular weight is 368 g/mol. The van der Waals surface area contributed by atoms with Crippen LogP contribution in [0.5, 0.6) is 11.5 Å². The minimum Gasteiger partial charge on any atom is -0.497 e. The molecule has 0 fully saturated rings. The Bertz CT molecular complexity index is 852. The van der Waals surface area contributed by atoms with Crippen molar-refractivity contribution in [2.75, 3.05) is 28.4 Å². The van der Waals surface area contributed by atoms with E-state index in [9.17, 15) is 4.79 Å². The first-order chi connectivity index (χ1) is 13.1. The van der Waals surface area contributed by atoms with Gasteiger partial charge in [0.2, 0.25) is 0 Å². The highest BCUT2D eigenvalue weighted by atomic mass is 16.7. The van der Waals surface area contributed by atoms with Crippen LogP contribution in [0.1, 0.15) is 10.7 Å². The lowest BCUT2D eigenvalue weighted by Gasteiger charge is -2.10. The van der Waals surface area contributed by atoms with Gasteiger partial charge in [-0.3, -0.25) is 9.63 Å². The van der Waals surface area contributed by atoms with E-state index in [1.165, 1.54) is 14.2 Å². The van der Waals surface area contributed by atoms with E-state index in [2.05, 4.69) is 4.98 Å². The topological polar surface area (TPSA) is 74.0 Å². The number of oxazole rings is 1. The zero-order chi connectivity index (χ0) is 19.4. The van der Waals surface area contributed by atoms with Crippen molar-refractivity contribution in [3.63, 3.8) is 0 Å². The summed E-state index contributed by atoms with van der Waals surface area (Å²) in [5.74, 6) is 1.39. The lowest BCUT2D eigenvalue weighted by atomic mass is 10.1. The highest BCUT2D eigenvalue weighted by Gasteiger charge is 2.24. The van der Waals surface area contributed by atoms with Crippen LogP contribution in [0.2, 0.25) is 0 Å². The molecule has 0 aliphatic carbocycles. The Balaban J connectivity index is 2.10. The summed E-state index contributed by atoms with van der Waals surface area (Å²) < 4.78 is 16.2. The lowest BCUT2D eigenvalue weighted by molar-refractivity contribution is -0.0777. The van der Waals surface area contributed by atoms with E-state index in [1.807, 2.05) is 48.5 Å². The molecular formula is C20H20N2O5. The molecule has 0 aliphatic heterocycles. The van der Waals surface area contributed by atoms with Crippen LogP contribution in [-0.2, 0) is 4.84 Å².